The minimum absolute atomic E-state index is 0.118. The van der Waals surface area contributed by atoms with E-state index in [4.69, 9.17) is 24.4 Å². The molecule has 1 fully saturated rings. The molecule has 0 bridgehead atoms. The van der Waals surface area contributed by atoms with E-state index in [1.807, 2.05) is 30.3 Å². The van der Waals surface area contributed by atoms with E-state index in [1.54, 1.807) is 14.0 Å². The smallest absolute Gasteiger partial charge is 0.310 e. The lowest BCUT2D eigenvalue weighted by atomic mass is 9.98. The molecule has 5 rings (SSSR count). The average Bonchev–Trinajstić information content (AvgIpc) is 3.74. The Bertz CT molecular complexity index is 1520. The molecule has 41 heavy (non-hydrogen) atoms. The number of hydrogen-bond acceptors (Lipinski definition) is 7. The highest BCUT2D eigenvalue weighted by atomic mass is 16.5. The van der Waals surface area contributed by atoms with Gasteiger partial charge < -0.3 is 29.7 Å². The first-order valence-corrected chi connectivity index (χ1v) is 14.5. The lowest BCUT2D eigenvalue weighted by Gasteiger charge is -2.14. The molecule has 3 N–H and O–H groups in total. The van der Waals surface area contributed by atoms with Crippen LogP contribution in [0, 0.1) is 5.92 Å². The summed E-state index contributed by atoms with van der Waals surface area (Å²) < 4.78 is 23.7. The molecule has 7 nitrogen and oxygen atoms in total. The number of nitrogens with two attached hydrogens (primary N) is 1. The van der Waals surface area contributed by atoms with Crippen LogP contribution < -0.4 is 20.5 Å². The normalized spacial score (nSPS) is 13.0. The average molecular weight is 557 g/mol. The molecule has 1 aliphatic carbocycles. The minimum atomic E-state index is -0.296. The van der Waals surface area contributed by atoms with E-state index in [0.29, 0.717) is 30.6 Å². The first-order valence-electron chi connectivity index (χ1n) is 14.5. The number of carbonyl (C=O) groups excluding carboxylic acids is 1. The molecular weight excluding hydrogens is 516 g/mol. The number of fused-ring (bicyclic) bond motifs is 1. The number of benzene rings is 3. The summed E-state index contributed by atoms with van der Waals surface area (Å²) in [6.45, 7) is 8.07. The van der Waals surface area contributed by atoms with Crippen molar-refractivity contribution in [2.75, 3.05) is 25.6 Å². The van der Waals surface area contributed by atoms with Crippen LogP contribution in [0.4, 0.5) is 5.69 Å². The summed E-state index contributed by atoms with van der Waals surface area (Å²) in [5, 5.41) is 4.68. The second-order valence-corrected chi connectivity index (χ2v) is 11.0. The molecule has 216 valence electrons. The molecule has 1 aliphatic rings. The van der Waals surface area contributed by atoms with E-state index >= 15 is 0 Å². The van der Waals surface area contributed by atoms with Crippen LogP contribution >= 0.6 is 0 Å². The highest BCUT2D eigenvalue weighted by Gasteiger charge is 2.24. The van der Waals surface area contributed by atoms with Crippen molar-refractivity contribution >= 4 is 22.6 Å². The van der Waals surface area contributed by atoms with Crippen LogP contribution in [0.3, 0.4) is 0 Å². The second kappa shape index (κ2) is 12.7. The largest absolute Gasteiger partial charge is 0.497 e. The summed E-state index contributed by atoms with van der Waals surface area (Å²) in [6, 6.07) is 18.2. The zero-order chi connectivity index (χ0) is 28.9. The number of nitrogens with one attached hydrogen (secondary N) is 1. The van der Waals surface area contributed by atoms with Crippen LogP contribution in [0.2, 0.25) is 0 Å². The number of ether oxygens (including phenoxy) is 3. The van der Waals surface area contributed by atoms with E-state index in [0.717, 1.165) is 56.8 Å². The van der Waals surface area contributed by atoms with Crippen LogP contribution in [-0.4, -0.2) is 26.2 Å². The summed E-state index contributed by atoms with van der Waals surface area (Å²) in [5.74, 6) is 2.68. The van der Waals surface area contributed by atoms with Crippen molar-refractivity contribution in [2.24, 2.45) is 11.7 Å². The first kappa shape index (κ1) is 28.6. The van der Waals surface area contributed by atoms with Gasteiger partial charge in [-0.2, -0.15) is 0 Å². The molecule has 0 aliphatic heterocycles. The fourth-order valence-electron chi connectivity index (χ4n) is 5.09. The van der Waals surface area contributed by atoms with Crippen LogP contribution in [0.25, 0.3) is 22.1 Å². The van der Waals surface area contributed by atoms with Gasteiger partial charge in [0, 0.05) is 41.6 Å². The van der Waals surface area contributed by atoms with Gasteiger partial charge in [-0.05, 0) is 66.6 Å². The molecule has 3 aromatic carbocycles. The number of esters is 1. The number of hydrogen-bond donors (Lipinski definition) is 2. The van der Waals surface area contributed by atoms with Gasteiger partial charge in [-0.1, -0.05) is 38.1 Å². The molecule has 1 aromatic heterocycles. The molecule has 4 aromatic rings. The number of carbonyl (C=O) groups is 1. The van der Waals surface area contributed by atoms with Crippen molar-refractivity contribution in [3.63, 3.8) is 0 Å². The highest BCUT2D eigenvalue weighted by molar-refractivity contribution is 5.96. The van der Waals surface area contributed by atoms with Gasteiger partial charge in [0.15, 0.2) is 5.58 Å². The van der Waals surface area contributed by atoms with Gasteiger partial charge in [0.2, 0.25) is 0 Å². The fourth-order valence-corrected chi connectivity index (χ4v) is 5.09. The molecule has 0 radical (unpaired) electrons. The Balaban J connectivity index is 1.57. The summed E-state index contributed by atoms with van der Waals surface area (Å²) in [6.07, 6.45) is 2.64. The molecule has 7 heteroatoms. The van der Waals surface area contributed by atoms with Crippen molar-refractivity contribution in [1.82, 2.24) is 0 Å². The zero-order valence-electron chi connectivity index (χ0n) is 24.4. The summed E-state index contributed by atoms with van der Waals surface area (Å²) in [5.41, 5.74) is 12.8. The Hall–Kier alpha value is -3.97. The Kier molecular flexibility index (Phi) is 8.84. The van der Waals surface area contributed by atoms with Crippen LogP contribution in [-0.2, 0) is 29.1 Å². The number of methoxy groups -OCH3 is 1. The molecule has 0 amide bonds. The standard InChI is InChI=1S/C34H40N2O5/c1-5-39-32(37)16-25-11-12-27(38-4)17-31(25)40-20-29-28-14-26(24-8-6-7-23(13-24)18-35)15-30(36-19-22-9-10-22)34(28)41-33(29)21(2)3/h6-8,11-15,17,21-22,36H,5,9-10,16,18-20,35H2,1-4H3. The van der Waals surface area contributed by atoms with Crippen molar-refractivity contribution < 1.29 is 23.4 Å². The summed E-state index contributed by atoms with van der Waals surface area (Å²) >= 11 is 0. The summed E-state index contributed by atoms with van der Waals surface area (Å²) in [4.78, 5) is 12.3. The Morgan fingerprint density at radius 2 is 1.93 bits per heavy atom. The molecular formula is C34H40N2O5. The number of furan rings is 1. The second-order valence-electron chi connectivity index (χ2n) is 11.0. The van der Waals surface area contributed by atoms with E-state index in [9.17, 15) is 4.79 Å². The van der Waals surface area contributed by atoms with Gasteiger partial charge >= 0.3 is 5.97 Å². The molecule has 0 saturated heterocycles. The zero-order valence-corrected chi connectivity index (χ0v) is 24.4. The Morgan fingerprint density at radius 1 is 1.10 bits per heavy atom. The highest BCUT2D eigenvalue weighted by Crippen LogP contribution is 2.40. The van der Waals surface area contributed by atoms with Gasteiger partial charge in [0.1, 0.15) is 23.9 Å². The van der Waals surface area contributed by atoms with Crippen molar-refractivity contribution in [3.05, 3.63) is 77.0 Å². The van der Waals surface area contributed by atoms with Crippen molar-refractivity contribution in [3.8, 4) is 22.6 Å². The maximum absolute atomic E-state index is 12.3. The molecule has 1 saturated carbocycles. The van der Waals surface area contributed by atoms with E-state index in [2.05, 4.69) is 43.4 Å². The van der Waals surface area contributed by atoms with E-state index in [-0.39, 0.29) is 24.9 Å². The monoisotopic (exact) mass is 556 g/mol. The van der Waals surface area contributed by atoms with Gasteiger partial charge in [-0.15, -0.1) is 0 Å². The van der Waals surface area contributed by atoms with Gasteiger partial charge in [0.05, 0.1) is 25.8 Å². The predicted octanol–water partition coefficient (Wildman–Crippen LogP) is 7.20. The quantitative estimate of drug-likeness (QED) is 0.168. The Labute approximate surface area is 242 Å². The molecule has 0 atom stereocenters. The maximum Gasteiger partial charge on any atom is 0.310 e. The predicted molar refractivity (Wildman–Crippen MR) is 163 cm³/mol. The fraction of sp³-hybridized carbons (Fsp3) is 0.382. The maximum atomic E-state index is 12.3. The topological polar surface area (TPSA) is 96.0 Å². The number of rotatable bonds is 13. The lowest BCUT2D eigenvalue weighted by Crippen LogP contribution is -2.09. The van der Waals surface area contributed by atoms with Crippen LogP contribution in [0.5, 0.6) is 11.5 Å². The first-order chi connectivity index (χ1) is 19.9. The van der Waals surface area contributed by atoms with Crippen molar-refractivity contribution in [2.45, 2.75) is 59.1 Å². The number of anilines is 1. The third-order valence-electron chi connectivity index (χ3n) is 7.51. The molecule has 0 unspecified atom stereocenters. The van der Waals surface area contributed by atoms with E-state index in [1.165, 1.54) is 12.8 Å². The van der Waals surface area contributed by atoms with Crippen LogP contribution in [0.1, 0.15) is 62.0 Å². The van der Waals surface area contributed by atoms with Gasteiger partial charge in [-0.3, -0.25) is 4.79 Å². The van der Waals surface area contributed by atoms with Gasteiger partial charge in [-0.25, -0.2) is 0 Å². The van der Waals surface area contributed by atoms with Gasteiger partial charge in [0.25, 0.3) is 0 Å². The third kappa shape index (κ3) is 6.68. The third-order valence-corrected chi connectivity index (χ3v) is 7.51. The minimum Gasteiger partial charge on any atom is -0.497 e. The molecule has 0 spiro atoms. The molecule has 1 heterocycles. The lowest BCUT2D eigenvalue weighted by molar-refractivity contribution is -0.142. The summed E-state index contributed by atoms with van der Waals surface area (Å²) in [7, 11) is 1.61. The van der Waals surface area contributed by atoms with E-state index < -0.39 is 0 Å². The Morgan fingerprint density at radius 3 is 2.63 bits per heavy atom. The SMILES string of the molecule is CCOC(=O)Cc1ccc(OC)cc1OCc1c(C(C)C)oc2c(NCC3CC3)cc(-c3cccc(CN)c3)cc12. The van der Waals surface area contributed by atoms with Crippen LogP contribution in [0.15, 0.2) is 59.0 Å². The van der Waals surface area contributed by atoms with Crippen molar-refractivity contribution in [1.29, 1.82) is 0 Å².